The van der Waals surface area contributed by atoms with Crippen molar-refractivity contribution in [2.75, 3.05) is 13.1 Å². The maximum atomic E-state index is 11.9. The van der Waals surface area contributed by atoms with E-state index in [1.54, 1.807) is 17.0 Å². The van der Waals surface area contributed by atoms with E-state index in [-0.39, 0.29) is 24.4 Å². The lowest BCUT2D eigenvalue weighted by Crippen LogP contribution is -2.39. The monoisotopic (exact) mass is 264 g/mol. The molecular weight excluding hydrogens is 244 g/mol. The van der Waals surface area contributed by atoms with E-state index in [1.165, 1.54) is 0 Å². The summed E-state index contributed by atoms with van der Waals surface area (Å²) in [6, 6.07) is -0.0598. The second-order valence-corrected chi connectivity index (χ2v) is 4.91. The molecule has 1 saturated heterocycles. The van der Waals surface area contributed by atoms with Gasteiger partial charge in [-0.15, -0.1) is 0 Å². The summed E-state index contributed by atoms with van der Waals surface area (Å²) in [7, 11) is 0. The SMILES string of the molecule is CCCN1C[C@@H](NC(=O)Cn2ccnc2C)CC1=O. The molecule has 0 spiro atoms. The first kappa shape index (κ1) is 13.6. The Morgan fingerprint density at radius 1 is 1.58 bits per heavy atom. The normalized spacial score (nSPS) is 18.9. The van der Waals surface area contributed by atoms with E-state index < -0.39 is 0 Å². The Balaban J connectivity index is 1.84. The molecule has 1 fully saturated rings. The quantitative estimate of drug-likeness (QED) is 0.832. The first-order valence-electron chi connectivity index (χ1n) is 6.65. The number of rotatable bonds is 5. The molecule has 6 nitrogen and oxygen atoms in total. The van der Waals surface area contributed by atoms with Crippen molar-refractivity contribution in [3.63, 3.8) is 0 Å². The summed E-state index contributed by atoms with van der Waals surface area (Å²) in [4.78, 5) is 29.5. The molecule has 6 heteroatoms. The number of aromatic nitrogens is 2. The van der Waals surface area contributed by atoms with Gasteiger partial charge in [-0.05, 0) is 13.3 Å². The highest BCUT2D eigenvalue weighted by molar-refractivity contribution is 5.82. The molecule has 1 N–H and O–H groups in total. The summed E-state index contributed by atoms with van der Waals surface area (Å²) in [5.41, 5.74) is 0. The Morgan fingerprint density at radius 3 is 3.00 bits per heavy atom. The van der Waals surface area contributed by atoms with Crippen LogP contribution < -0.4 is 5.32 Å². The molecule has 1 atom stereocenters. The lowest BCUT2D eigenvalue weighted by Gasteiger charge is -2.16. The summed E-state index contributed by atoms with van der Waals surface area (Å²) >= 11 is 0. The molecule has 1 aromatic rings. The second kappa shape index (κ2) is 5.86. The van der Waals surface area contributed by atoms with Gasteiger partial charge in [-0.25, -0.2) is 4.98 Å². The van der Waals surface area contributed by atoms with Crippen LogP contribution in [0.15, 0.2) is 12.4 Å². The van der Waals surface area contributed by atoms with Gasteiger partial charge in [0.15, 0.2) is 0 Å². The van der Waals surface area contributed by atoms with Gasteiger partial charge in [-0.3, -0.25) is 9.59 Å². The van der Waals surface area contributed by atoms with Crippen LogP contribution in [0.25, 0.3) is 0 Å². The van der Waals surface area contributed by atoms with E-state index in [9.17, 15) is 9.59 Å². The Hall–Kier alpha value is -1.85. The topological polar surface area (TPSA) is 67.2 Å². The van der Waals surface area contributed by atoms with Crippen molar-refractivity contribution >= 4 is 11.8 Å². The van der Waals surface area contributed by atoms with Gasteiger partial charge in [0.1, 0.15) is 12.4 Å². The summed E-state index contributed by atoms with van der Waals surface area (Å²) in [6.45, 7) is 5.55. The molecule has 0 radical (unpaired) electrons. The molecule has 104 valence electrons. The first-order chi connectivity index (χ1) is 9.10. The molecule has 1 aliphatic heterocycles. The molecule has 1 aliphatic rings. The van der Waals surface area contributed by atoms with Crippen molar-refractivity contribution in [1.29, 1.82) is 0 Å². The van der Waals surface area contributed by atoms with Crippen LogP contribution in [0, 0.1) is 6.92 Å². The number of carbonyl (C=O) groups excluding carboxylic acids is 2. The minimum Gasteiger partial charge on any atom is -0.350 e. The molecule has 2 heterocycles. The van der Waals surface area contributed by atoms with Crippen LogP contribution in [0.3, 0.4) is 0 Å². The number of nitrogens with one attached hydrogen (secondary N) is 1. The summed E-state index contributed by atoms with van der Waals surface area (Å²) in [5.74, 6) is 0.869. The predicted molar refractivity (Wildman–Crippen MR) is 70.4 cm³/mol. The molecule has 0 saturated carbocycles. The average molecular weight is 264 g/mol. The van der Waals surface area contributed by atoms with Crippen molar-refractivity contribution < 1.29 is 9.59 Å². The number of amides is 2. The first-order valence-corrected chi connectivity index (χ1v) is 6.65. The summed E-state index contributed by atoms with van der Waals surface area (Å²) < 4.78 is 1.79. The number of hydrogen-bond acceptors (Lipinski definition) is 3. The summed E-state index contributed by atoms with van der Waals surface area (Å²) in [6.07, 6.45) is 4.80. The number of hydrogen-bond donors (Lipinski definition) is 1. The van der Waals surface area contributed by atoms with E-state index in [1.807, 2.05) is 18.7 Å². The third-order valence-electron chi connectivity index (χ3n) is 3.31. The maximum absolute atomic E-state index is 11.9. The fourth-order valence-corrected chi connectivity index (χ4v) is 2.35. The van der Waals surface area contributed by atoms with Gasteiger partial charge in [0.2, 0.25) is 11.8 Å². The number of nitrogens with zero attached hydrogens (tertiary/aromatic N) is 3. The Morgan fingerprint density at radius 2 is 2.37 bits per heavy atom. The largest absolute Gasteiger partial charge is 0.350 e. The van der Waals surface area contributed by atoms with Crippen molar-refractivity contribution in [1.82, 2.24) is 19.8 Å². The zero-order valence-electron chi connectivity index (χ0n) is 11.4. The van der Waals surface area contributed by atoms with Gasteiger partial charge in [-0.1, -0.05) is 6.92 Å². The van der Waals surface area contributed by atoms with Gasteiger partial charge in [0.05, 0.1) is 6.04 Å². The van der Waals surface area contributed by atoms with Crippen LogP contribution >= 0.6 is 0 Å². The molecule has 19 heavy (non-hydrogen) atoms. The smallest absolute Gasteiger partial charge is 0.240 e. The minimum atomic E-state index is -0.0720. The number of imidazole rings is 1. The van der Waals surface area contributed by atoms with Crippen LogP contribution in [-0.4, -0.2) is 45.4 Å². The van der Waals surface area contributed by atoms with Gasteiger partial charge in [0, 0.05) is 31.9 Å². The van der Waals surface area contributed by atoms with Crippen molar-refractivity contribution in [2.24, 2.45) is 0 Å². The number of carbonyl (C=O) groups is 2. The van der Waals surface area contributed by atoms with Crippen molar-refractivity contribution in [2.45, 2.75) is 39.3 Å². The predicted octanol–water partition coefficient (Wildman–Crippen LogP) is 0.319. The molecule has 0 aliphatic carbocycles. The minimum absolute atomic E-state index is 0.0598. The van der Waals surface area contributed by atoms with Crippen LogP contribution in [0.2, 0.25) is 0 Å². The van der Waals surface area contributed by atoms with E-state index in [4.69, 9.17) is 0 Å². The molecule has 0 bridgehead atoms. The fourth-order valence-electron chi connectivity index (χ4n) is 2.35. The standard InChI is InChI=1S/C13H20N4O2/c1-3-5-17-8-11(7-13(17)19)15-12(18)9-16-6-4-14-10(16)2/h4,6,11H,3,5,7-9H2,1-2H3,(H,15,18)/t11-/m0/s1. The molecule has 0 aromatic carbocycles. The van der Waals surface area contributed by atoms with Crippen LogP contribution in [-0.2, 0) is 16.1 Å². The average Bonchev–Trinajstić information content (AvgIpc) is 2.88. The van der Waals surface area contributed by atoms with Crippen LogP contribution in [0.1, 0.15) is 25.6 Å². The van der Waals surface area contributed by atoms with Crippen LogP contribution in [0.5, 0.6) is 0 Å². The molecule has 1 aromatic heterocycles. The maximum Gasteiger partial charge on any atom is 0.240 e. The molecule has 2 amide bonds. The lowest BCUT2D eigenvalue weighted by atomic mass is 10.2. The highest BCUT2D eigenvalue weighted by atomic mass is 16.2. The fraction of sp³-hybridized carbons (Fsp3) is 0.615. The highest BCUT2D eigenvalue weighted by Crippen LogP contribution is 2.11. The zero-order valence-corrected chi connectivity index (χ0v) is 11.4. The Kier molecular flexibility index (Phi) is 4.19. The molecular formula is C13H20N4O2. The lowest BCUT2D eigenvalue weighted by molar-refractivity contribution is -0.127. The number of aryl methyl sites for hydroxylation is 1. The van der Waals surface area contributed by atoms with E-state index in [0.717, 1.165) is 18.8 Å². The van der Waals surface area contributed by atoms with Gasteiger partial charge in [0.25, 0.3) is 0 Å². The van der Waals surface area contributed by atoms with Crippen molar-refractivity contribution in [3.8, 4) is 0 Å². The molecule has 0 unspecified atom stereocenters. The third kappa shape index (κ3) is 3.33. The summed E-state index contributed by atoms with van der Waals surface area (Å²) in [5, 5.41) is 2.91. The van der Waals surface area contributed by atoms with Gasteiger partial charge >= 0.3 is 0 Å². The van der Waals surface area contributed by atoms with Crippen molar-refractivity contribution in [3.05, 3.63) is 18.2 Å². The molecule has 2 rings (SSSR count). The second-order valence-electron chi connectivity index (χ2n) is 4.91. The third-order valence-corrected chi connectivity index (χ3v) is 3.31. The van der Waals surface area contributed by atoms with E-state index in [2.05, 4.69) is 10.3 Å². The Labute approximate surface area is 112 Å². The number of likely N-dealkylation sites (tertiary alicyclic amines) is 1. The highest BCUT2D eigenvalue weighted by Gasteiger charge is 2.29. The Bertz CT molecular complexity index is 469. The zero-order chi connectivity index (χ0) is 13.8. The van der Waals surface area contributed by atoms with Gasteiger partial charge in [-0.2, -0.15) is 0 Å². The van der Waals surface area contributed by atoms with E-state index in [0.29, 0.717) is 13.0 Å². The van der Waals surface area contributed by atoms with E-state index >= 15 is 0 Å². The van der Waals surface area contributed by atoms with Crippen LogP contribution in [0.4, 0.5) is 0 Å². The van der Waals surface area contributed by atoms with Gasteiger partial charge < -0.3 is 14.8 Å².